The standard InChI is InChI=1S/C41H80NO8P/c1-3-5-7-9-11-13-15-17-19-21-23-25-27-29-31-33-40(43)47-37-39(38-49-51(45,46)48-36-35-42)50-41(44)34-32-30-28-26-24-22-20-18-16-14-12-10-8-6-4-2/h17,19,39H,3-16,18,20-38,42H2,1-2H3,(H,45,46)/b19-17-. The van der Waals surface area contributed by atoms with E-state index in [0.29, 0.717) is 6.42 Å². The van der Waals surface area contributed by atoms with Gasteiger partial charge in [0.2, 0.25) is 0 Å². The summed E-state index contributed by atoms with van der Waals surface area (Å²) in [6.45, 7) is 3.74. The summed E-state index contributed by atoms with van der Waals surface area (Å²) in [5, 5.41) is 0. The normalized spacial score (nSPS) is 13.4. The van der Waals surface area contributed by atoms with Gasteiger partial charge in [0.05, 0.1) is 13.2 Å². The highest BCUT2D eigenvalue weighted by molar-refractivity contribution is 7.47. The van der Waals surface area contributed by atoms with E-state index >= 15 is 0 Å². The molecule has 0 aromatic carbocycles. The van der Waals surface area contributed by atoms with Gasteiger partial charge in [-0.1, -0.05) is 167 Å². The summed E-state index contributed by atoms with van der Waals surface area (Å²) in [7, 11) is -4.37. The van der Waals surface area contributed by atoms with Crippen molar-refractivity contribution in [1.29, 1.82) is 0 Å². The Bertz CT molecular complexity index is 856. The largest absolute Gasteiger partial charge is 0.472 e. The Labute approximate surface area is 313 Å². The fourth-order valence-electron chi connectivity index (χ4n) is 5.98. The topological polar surface area (TPSA) is 134 Å². The second-order valence-electron chi connectivity index (χ2n) is 14.2. The Kier molecular flexibility index (Phi) is 37.5. The number of phosphoric acid groups is 1. The van der Waals surface area contributed by atoms with Crippen molar-refractivity contribution in [2.45, 2.75) is 213 Å². The lowest BCUT2D eigenvalue weighted by molar-refractivity contribution is -0.161. The van der Waals surface area contributed by atoms with Crippen molar-refractivity contribution in [1.82, 2.24) is 0 Å². The SMILES string of the molecule is CCCCCCCC/C=C\CCCCCCCC(=O)OCC(COP(=O)(O)OCCN)OC(=O)CCCCCCCCCCCCCCCCC. The number of hydrogen-bond donors (Lipinski definition) is 2. The van der Waals surface area contributed by atoms with Gasteiger partial charge in [-0.2, -0.15) is 0 Å². The summed E-state index contributed by atoms with van der Waals surface area (Å²) in [6, 6.07) is 0. The molecule has 0 fully saturated rings. The summed E-state index contributed by atoms with van der Waals surface area (Å²) in [5.41, 5.74) is 5.34. The second kappa shape index (κ2) is 38.5. The van der Waals surface area contributed by atoms with Crippen LogP contribution in [0.25, 0.3) is 0 Å². The molecule has 0 amide bonds. The molecule has 10 heteroatoms. The van der Waals surface area contributed by atoms with E-state index in [-0.39, 0.29) is 38.6 Å². The van der Waals surface area contributed by atoms with E-state index in [2.05, 4.69) is 26.0 Å². The Balaban J connectivity index is 4.15. The predicted molar refractivity (Wildman–Crippen MR) is 211 cm³/mol. The molecule has 0 radical (unpaired) electrons. The smallest absolute Gasteiger partial charge is 0.462 e. The first kappa shape index (κ1) is 49.8. The molecular formula is C41H80NO8P. The quantitative estimate of drug-likeness (QED) is 0.0272. The summed E-state index contributed by atoms with van der Waals surface area (Å²) in [5.74, 6) is -0.829. The van der Waals surface area contributed by atoms with Crippen LogP contribution in [0.2, 0.25) is 0 Å². The average molecular weight is 746 g/mol. The molecule has 9 nitrogen and oxygen atoms in total. The molecule has 0 rings (SSSR count). The number of carbonyl (C=O) groups excluding carboxylic acids is 2. The van der Waals surface area contributed by atoms with E-state index in [1.165, 1.54) is 122 Å². The lowest BCUT2D eigenvalue weighted by Crippen LogP contribution is -2.29. The molecule has 3 N–H and O–H groups in total. The summed E-state index contributed by atoms with van der Waals surface area (Å²) in [4.78, 5) is 34.8. The molecule has 0 aliphatic carbocycles. The van der Waals surface area contributed by atoms with Gasteiger partial charge in [0.1, 0.15) is 6.61 Å². The van der Waals surface area contributed by atoms with Crippen LogP contribution < -0.4 is 5.73 Å². The number of allylic oxidation sites excluding steroid dienone is 2. The highest BCUT2D eigenvalue weighted by Gasteiger charge is 2.26. The molecule has 51 heavy (non-hydrogen) atoms. The lowest BCUT2D eigenvalue weighted by atomic mass is 10.0. The van der Waals surface area contributed by atoms with E-state index < -0.39 is 26.5 Å². The van der Waals surface area contributed by atoms with Crippen molar-refractivity contribution in [2.24, 2.45) is 5.73 Å². The maximum Gasteiger partial charge on any atom is 0.472 e. The first-order chi connectivity index (χ1) is 24.8. The molecule has 0 aliphatic heterocycles. The van der Waals surface area contributed by atoms with Crippen LogP contribution in [0.5, 0.6) is 0 Å². The third kappa shape index (κ3) is 38.3. The van der Waals surface area contributed by atoms with Crippen LogP contribution in [0.4, 0.5) is 0 Å². The molecule has 0 saturated heterocycles. The second-order valence-corrected chi connectivity index (χ2v) is 15.7. The van der Waals surface area contributed by atoms with E-state index in [9.17, 15) is 19.0 Å². The molecule has 0 aliphatic rings. The van der Waals surface area contributed by atoms with E-state index in [1.807, 2.05) is 0 Å². The van der Waals surface area contributed by atoms with Gasteiger partial charge in [-0.15, -0.1) is 0 Å². The molecule has 0 heterocycles. The van der Waals surface area contributed by atoms with Crippen molar-refractivity contribution < 1.29 is 37.6 Å². The van der Waals surface area contributed by atoms with Crippen molar-refractivity contribution >= 4 is 19.8 Å². The fraction of sp³-hybridized carbons (Fsp3) is 0.902. The maximum atomic E-state index is 12.6. The number of hydrogen-bond acceptors (Lipinski definition) is 8. The summed E-state index contributed by atoms with van der Waals surface area (Å²) < 4.78 is 32.7. The van der Waals surface area contributed by atoms with Crippen LogP contribution in [0.15, 0.2) is 12.2 Å². The first-order valence-corrected chi connectivity index (χ1v) is 22.7. The number of ether oxygens (including phenoxy) is 2. The zero-order chi connectivity index (χ0) is 37.5. The molecule has 0 spiro atoms. The predicted octanol–water partition coefficient (Wildman–Crippen LogP) is 11.8. The van der Waals surface area contributed by atoms with Crippen LogP contribution in [-0.2, 0) is 32.7 Å². The van der Waals surface area contributed by atoms with Crippen LogP contribution in [0, 0.1) is 0 Å². The third-order valence-corrected chi connectivity index (χ3v) is 10.1. The van der Waals surface area contributed by atoms with Gasteiger partial charge in [0, 0.05) is 19.4 Å². The van der Waals surface area contributed by atoms with Crippen molar-refractivity contribution in [3.8, 4) is 0 Å². The maximum absolute atomic E-state index is 12.6. The Morgan fingerprint density at radius 1 is 0.569 bits per heavy atom. The van der Waals surface area contributed by atoms with E-state index in [0.717, 1.165) is 51.4 Å². The summed E-state index contributed by atoms with van der Waals surface area (Å²) >= 11 is 0. The third-order valence-electron chi connectivity index (χ3n) is 9.15. The van der Waals surface area contributed by atoms with Gasteiger partial charge < -0.3 is 20.1 Å². The molecule has 0 aromatic heterocycles. The number of phosphoric ester groups is 1. The van der Waals surface area contributed by atoms with Crippen molar-refractivity contribution in [3.05, 3.63) is 12.2 Å². The minimum atomic E-state index is -4.37. The first-order valence-electron chi connectivity index (χ1n) is 21.2. The number of carbonyl (C=O) groups is 2. The number of unbranched alkanes of at least 4 members (excludes halogenated alkanes) is 25. The van der Waals surface area contributed by atoms with Crippen LogP contribution >= 0.6 is 7.82 Å². The number of nitrogens with two attached hydrogens (primary N) is 1. The Hall–Kier alpha value is -1.25. The minimum absolute atomic E-state index is 0.0551. The fourth-order valence-corrected chi connectivity index (χ4v) is 6.75. The summed E-state index contributed by atoms with van der Waals surface area (Å²) in [6.07, 6.45) is 38.1. The molecule has 0 bridgehead atoms. The van der Waals surface area contributed by atoms with Gasteiger partial charge in [0.15, 0.2) is 6.10 Å². The molecule has 0 aromatic rings. The highest BCUT2D eigenvalue weighted by Crippen LogP contribution is 2.43. The number of rotatable bonds is 40. The Morgan fingerprint density at radius 2 is 0.961 bits per heavy atom. The van der Waals surface area contributed by atoms with Crippen LogP contribution in [0.1, 0.15) is 206 Å². The Morgan fingerprint density at radius 3 is 1.39 bits per heavy atom. The van der Waals surface area contributed by atoms with Gasteiger partial charge in [0.25, 0.3) is 0 Å². The van der Waals surface area contributed by atoms with E-state index in [4.69, 9.17) is 24.3 Å². The van der Waals surface area contributed by atoms with Gasteiger partial charge in [-0.25, -0.2) is 4.57 Å². The lowest BCUT2D eigenvalue weighted by Gasteiger charge is -2.19. The molecule has 0 saturated carbocycles. The van der Waals surface area contributed by atoms with Crippen molar-refractivity contribution in [2.75, 3.05) is 26.4 Å². The van der Waals surface area contributed by atoms with Crippen molar-refractivity contribution in [3.63, 3.8) is 0 Å². The average Bonchev–Trinajstić information content (AvgIpc) is 3.11. The molecule has 2 atom stereocenters. The van der Waals surface area contributed by atoms with Crippen LogP contribution in [-0.4, -0.2) is 49.3 Å². The van der Waals surface area contributed by atoms with Gasteiger partial charge >= 0.3 is 19.8 Å². The highest BCUT2D eigenvalue weighted by atomic mass is 31.2. The zero-order valence-corrected chi connectivity index (χ0v) is 34.0. The molecule has 302 valence electrons. The number of esters is 2. The van der Waals surface area contributed by atoms with Gasteiger partial charge in [-0.3, -0.25) is 18.6 Å². The van der Waals surface area contributed by atoms with Crippen LogP contribution in [0.3, 0.4) is 0 Å². The zero-order valence-electron chi connectivity index (χ0n) is 33.1. The van der Waals surface area contributed by atoms with E-state index in [1.54, 1.807) is 0 Å². The van der Waals surface area contributed by atoms with Gasteiger partial charge in [-0.05, 0) is 38.5 Å². The minimum Gasteiger partial charge on any atom is -0.462 e. The molecular weight excluding hydrogens is 665 g/mol. The molecule has 2 unspecified atom stereocenters. The monoisotopic (exact) mass is 746 g/mol.